The van der Waals surface area contributed by atoms with Gasteiger partial charge in [0.1, 0.15) is 5.60 Å². The number of alkyl halides is 2. The minimum atomic E-state index is -3.02. The van der Waals surface area contributed by atoms with Gasteiger partial charge < -0.3 is 10.1 Å². The zero-order valence-electron chi connectivity index (χ0n) is 13.5. The van der Waals surface area contributed by atoms with E-state index in [1.807, 2.05) is 0 Å². The molecule has 1 fully saturated rings. The van der Waals surface area contributed by atoms with Crippen molar-refractivity contribution in [2.45, 2.75) is 58.1 Å². The van der Waals surface area contributed by atoms with E-state index in [0.29, 0.717) is 0 Å². The van der Waals surface area contributed by atoms with Gasteiger partial charge in [0, 0.05) is 13.0 Å². The molecule has 1 aliphatic heterocycles. The average molecular weight is 316 g/mol. The molecule has 0 bridgehead atoms. The lowest BCUT2D eigenvalue weighted by molar-refractivity contribution is -0.116. The first-order valence-corrected chi connectivity index (χ1v) is 6.98. The largest absolute Gasteiger partial charge is 0.444 e. The normalized spacial score (nSPS) is 23.5. The molecular formula is C15H22F2N2O3. The zero-order chi connectivity index (χ0) is 17.2. The van der Waals surface area contributed by atoms with Crippen molar-refractivity contribution in [2.24, 2.45) is 0 Å². The number of hydrogen-bond acceptors (Lipinski definition) is 3. The molecule has 22 heavy (non-hydrogen) atoms. The lowest BCUT2D eigenvalue weighted by Gasteiger charge is -2.35. The molecule has 1 saturated heterocycles. The zero-order valence-corrected chi connectivity index (χ0v) is 13.5. The predicted octanol–water partition coefficient (Wildman–Crippen LogP) is 2.16. The quantitative estimate of drug-likeness (QED) is 0.794. The molecule has 1 heterocycles. The Morgan fingerprint density at radius 1 is 1.36 bits per heavy atom. The number of ether oxygens (including phenoxy) is 1. The summed E-state index contributed by atoms with van der Waals surface area (Å²) in [5, 5.41) is 2.46. The third-order valence-electron chi connectivity index (χ3n) is 3.16. The fourth-order valence-corrected chi connectivity index (χ4v) is 2.32. The van der Waals surface area contributed by atoms with Crippen LogP contribution in [0.4, 0.5) is 13.6 Å². The van der Waals surface area contributed by atoms with E-state index in [1.165, 1.54) is 13.8 Å². The number of halogens is 2. The first kappa shape index (κ1) is 18.2. The van der Waals surface area contributed by atoms with E-state index in [0.717, 1.165) is 4.90 Å². The summed E-state index contributed by atoms with van der Waals surface area (Å²) in [4.78, 5) is 24.6. The molecule has 0 aliphatic carbocycles. The van der Waals surface area contributed by atoms with Crippen molar-refractivity contribution in [3.8, 4) is 11.8 Å². The van der Waals surface area contributed by atoms with Crippen LogP contribution in [0.2, 0.25) is 0 Å². The second kappa shape index (κ2) is 6.11. The number of hydrogen-bond donors (Lipinski definition) is 1. The van der Waals surface area contributed by atoms with Crippen LogP contribution in [0.5, 0.6) is 0 Å². The van der Waals surface area contributed by atoms with Crippen LogP contribution in [0.15, 0.2) is 0 Å². The molecule has 0 radical (unpaired) electrons. The summed E-state index contributed by atoms with van der Waals surface area (Å²) in [6, 6.07) is 0. The fourth-order valence-electron chi connectivity index (χ4n) is 2.32. The van der Waals surface area contributed by atoms with Gasteiger partial charge >= 0.3 is 6.09 Å². The number of likely N-dealkylation sites (tertiary alicyclic amines) is 1. The van der Waals surface area contributed by atoms with Crippen molar-refractivity contribution in [3.63, 3.8) is 0 Å². The van der Waals surface area contributed by atoms with Crippen molar-refractivity contribution in [3.05, 3.63) is 0 Å². The smallest absolute Gasteiger partial charge is 0.411 e. The van der Waals surface area contributed by atoms with Gasteiger partial charge in [0.05, 0.1) is 12.1 Å². The van der Waals surface area contributed by atoms with E-state index < -0.39 is 42.0 Å². The Labute approximate surface area is 129 Å². The van der Waals surface area contributed by atoms with Gasteiger partial charge in [-0.1, -0.05) is 5.92 Å². The second-order valence-electron chi connectivity index (χ2n) is 6.65. The van der Waals surface area contributed by atoms with E-state index in [2.05, 4.69) is 17.2 Å². The first-order chi connectivity index (χ1) is 9.88. The van der Waals surface area contributed by atoms with E-state index in [1.54, 1.807) is 20.8 Å². The molecule has 5 nitrogen and oxygen atoms in total. The van der Waals surface area contributed by atoms with Crippen molar-refractivity contribution in [2.75, 3.05) is 13.1 Å². The van der Waals surface area contributed by atoms with E-state index >= 15 is 0 Å². The monoisotopic (exact) mass is 316 g/mol. The fraction of sp³-hybridized carbons (Fsp3) is 0.733. The topological polar surface area (TPSA) is 58.6 Å². The molecule has 0 spiro atoms. The molecule has 1 rings (SSSR count). The van der Waals surface area contributed by atoms with Gasteiger partial charge in [0.2, 0.25) is 0 Å². The minimum Gasteiger partial charge on any atom is -0.444 e. The predicted molar refractivity (Wildman–Crippen MR) is 77.4 cm³/mol. The number of carbonyl (C=O) groups is 2. The maximum absolute atomic E-state index is 13.8. The summed E-state index contributed by atoms with van der Waals surface area (Å²) in [5.74, 6) is 1.10. The number of carbonyl (C=O) groups excluding carboxylic acids is 2. The van der Waals surface area contributed by atoms with Crippen LogP contribution in [-0.2, 0) is 9.53 Å². The summed E-state index contributed by atoms with van der Waals surface area (Å²) in [6.45, 7) is 7.14. The van der Waals surface area contributed by atoms with E-state index in [4.69, 9.17) is 4.74 Å². The Kier molecular flexibility index (Phi) is 5.06. The molecule has 124 valence electrons. The number of nitrogens with zero attached hydrogens (tertiary/aromatic N) is 1. The third-order valence-corrected chi connectivity index (χ3v) is 3.16. The summed E-state index contributed by atoms with van der Waals surface area (Å²) in [5.41, 5.74) is -2.01. The second-order valence-corrected chi connectivity index (χ2v) is 6.65. The Morgan fingerprint density at radius 2 is 1.95 bits per heavy atom. The Hall–Kier alpha value is -1.84. The average Bonchev–Trinajstić information content (AvgIpc) is 2.56. The molecule has 1 aliphatic rings. The van der Waals surface area contributed by atoms with Gasteiger partial charge in [0.25, 0.3) is 11.8 Å². The lowest BCUT2D eigenvalue weighted by atomic mass is 9.98. The minimum absolute atomic E-state index is 0.116. The first-order valence-electron chi connectivity index (χ1n) is 6.98. The van der Waals surface area contributed by atoms with Crippen LogP contribution in [0.25, 0.3) is 0 Å². The molecule has 1 N–H and O–H groups in total. The van der Waals surface area contributed by atoms with Gasteiger partial charge in [-0.25, -0.2) is 13.6 Å². The van der Waals surface area contributed by atoms with Crippen LogP contribution in [0.3, 0.4) is 0 Å². The standard InChI is InChI=1S/C15H22F2N2O3/c1-6-7-11(20)18-9-14(5)8-15(16,17)10-19(14)12(21)22-13(2,3)4/h8-10H2,1-5H3,(H,18,20). The SMILES string of the molecule is CC#CC(=O)NCC1(C)CC(F)(F)CN1C(=O)OC(C)(C)C. The lowest BCUT2D eigenvalue weighted by Crippen LogP contribution is -2.53. The van der Waals surface area contributed by atoms with Gasteiger partial charge in [-0.3, -0.25) is 9.69 Å². The molecule has 1 atom stereocenters. The molecule has 0 aromatic carbocycles. The number of amides is 2. The molecule has 7 heteroatoms. The van der Waals surface area contributed by atoms with Gasteiger partial charge in [-0.2, -0.15) is 0 Å². The van der Waals surface area contributed by atoms with Crippen LogP contribution in [0, 0.1) is 11.8 Å². The molecule has 0 aromatic heterocycles. The molecular weight excluding hydrogens is 294 g/mol. The number of rotatable bonds is 2. The van der Waals surface area contributed by atoms with E-state index in [-0.39, 0.29) is 6.54 Å². The van der Waals surface area contributed by atoms with Crippen LogP contribution >= 0.6 is 0 Å². The van der Waals surface area contributed by atoms with Gasteiger partial charge in [-0.15, -0.1) is 0 Å². The summed E-state index contributed by atoms with van der Waals surface area (Å²) < 4.78 is 32.7. The summed E-state index contributed by atoms with van der Waals surface area (Å²) in [6.07, 6.45) is -1.36. The molecule has 2 amide bonds. The van der Waals surface area contributed by atoms with Gasteiger partial charge in [-0.05, 0) is 40.5 Å². The molecule has 0 saturated carbocycles. The van der Waals surface area contributed by atoms with E-state index in [9.17, 15) is 18.4 Å². The Bertz CT molecular complexity index is 517. The summed E-state index contributed by atoms with van der Waals surface area (Å²) in [7, 11) is 0. The van der Waals surface area contributed by atoms with Crippen molar-refractivity contribution < 1.29 is 23.1 Å². The number of nitrogens with one attached hydrogen (secondary N) is 1. The molecule has 0 aromatic rings. The maximum atomic E-state index is 13.8. The van der Waals surface area contributed by atoms with Crippen molar-refractivity contribution in [1.82, 2.24) is 10.2 Å². The third kappa shape index (κ3) is 4.86. The highest BCUT2D eigenvalue weighted by molar-refractivity contribution is 5.93. The van der Waals surface area contributed by atoms with Crippen molar-refractivity contribution >= 4 is 12.0 Å². The Balaban J connectivity index is 2.89. The van der Waals surface area contributed by atoms with Gasteiger partial charge in [0.15, 0.2) is 0 Å². The molecule has 1 unspecified atom stereocenters. The van der Waals surface area contributed by atoms with Crippen molar-refractivity contribution in [1.29, 1.82) is 0 Å². The maximum Gasteiger partial charge on any atom is 0.411 e. The van der Waals surface area contributed by atoms with Crippen LogP contribution in [0.1, 0.15) is 41.0 Å². The van der Waals surface area contributed by atoms with Crippen LogP contribution < -0.4 is 5.32 Å². The Morgan fingerprint density at radius 3 is 2.45 bits per heavy atom. The van der Waals surface area contributed by atoms with Crippen LogP contribution in [-0.4, -0.2) is 47.1 Å². The summed E-state index contributed by atoms with van der Waals surface area (Å²) >= 11 is 0. The highest BCUT2D eigenvalue weighted by Crippen LogP contribution is 2.39. The highest BCUT2D eigenvalue weighted by Gasteiger charge is 2.55. The highest BCUT2D eigenvalue weighted by atomic mass is 19.3.